The maximum absolute atomic E-state index is 12.5. The first-order valence-corrected chi connectivity index (χ1v) is 13.3. The van der Waals surface area contributed by atoms with E-state index in [9.17, 15) is 4.79 Å². The number of nitrogens with zero attached hydrogens (tertiary/aromatic N) is 4. The van der Waals surface area contributed by atoms with E-state index < -0.39 is 8.07 Å². The summed E-state index contributed by atoms with van der Waals surface area (Å²) in [6.07, 6.45) is 3.64. The zero-order valence-electron chi connectivity index (χ0n) is 17.2. The summed E-state index contributed by atoms with van der Waals surface area (Å²) in [5.74, 6) is 0.384. The van der Waals surface area contributed by atoms with Crippen LogP contribution in [0.1, 0.15) is 23.1 Å². The second-order valence-electron chi connectivity index (χ2n) is 8.02. The molecule has 7 nitrogen and oxygen atoms in total. The van der Waals surface area contributed by atoms with Crippen molar-refractivity contribution in [2.45, 2.75) is 46.3 Å². The van der Waals surface area contributed by atoms with Crippen LogP contribution in [0, 0.1) is 6.92 Å². The van der Waals surface area contributed by atoms with Gasteiger partial charge < -0.3 is 14.0 Å². The number of aromatic nitrogens is 4. The van der Waals surface area contributed by atoms with E-state index in [0.29, 0.717) is 25.6 Å². The first-order chi connectivity index (χ1) is 13.3. The zero-order valence-corrected chi connectivity index (χ0v) is 18.2. The molecule has 0 spiro atoms. The van der Waals surface area contributed by atoms with Gasteiger partial charge in [-0.3, -0.25) is 4.57 Å². The third kappa shape index (κ3) is 4.69. The molecule has 3 aromatic heterocycles. The van der Waals surface area contributed by atoms with Crippen molar-refractivity contribution in [2.75, 3.05) is 13.2 Å². The Bertz CT molecular complexity index is 972. The average molecular weight is 401 g/mol. The molecule has 3 rings (SSSR count). The van der Waals surface area contributed by atoms with Crippen LogP contribution in [0.2, 0.25) is 25.7 Å². The van der Waals surface area contributed by atoms with Gasteiger partial charge >= 0.3 is 5.97 Å². The second kappa shape index (κ2) is 8.28. The summed E-state index contributed by atoms with van der Waals surface area (Å²) < 4.78 is 14.8. The fourth-order valence-electron chi connectivity index (χ4n) is 2.87. The molecule has 0 bridgehead atoms. The van der Waals surface area contributed by atoms with Crippen molar-refractivity contribution in [3.8, 4) is 5.82 Å². The monoisotopic (exact) mass is 400 g/mol. The minimum Gasteiger partial charge on any atom is -0.461 e. The highest BCUT2D eigenvalue weighted by Gasteiger charge is 2.19. The first kappa shape index (κ1) is 20.3. The quantitative estimate of drug-likeness (QED) is 0.324. The molecule has 0 aliphatic rings. The van der Waals surface area contributed by atoms with Gasteiger partial charge in [-0.25, -0.2) is 14.8 Å². The maximum atomic E-state index is 12.5. The van der Waals surface area contributed by atoms with E-state index in [1.165, 1.54) is 0 Å². The van der Waals surface area contributed by atoms with Gasteiger partial charge in [0.25, 0.3) is 0 Å². The Morgan fingerprint density at radius 2 is 2.04 bits per heavy atom. The predicted molar refractivity (Wildman–Crippen MR) is 112 cm³/mol. The highest BCUT2D eigenvalue weighted by Crippen LogP contribution is 2.22. The van der Waals surface area contributed by atoms with Crippen LogP contribution in [0.15, 0.2) is 30.7 Å². The summed E-state index contributed by atoms with van der Waals surface area (Å²) in [6.45, 7) is 12.0. The van der Waals surface area contributed by atoms with Crippen LogP contribution in [-0.2, 0) is 16.2 Å². The minimum absolute atomic E-state index is 0.299. The molecule has 0 fully saturated rings. The van der Waals surface area contributed by atoms with E-state index in [1.54, 1.807) is 19.3 Å². The number of pyridine rings is 1. The zero-order chi connectivity index (χ0) is 20.3. The Kier molecular flexibility index (Phi) is 6.00. The van der Waals surface area contributed by atoms with Crippen molar-refractivity contribution >= 4 is 25.1 Å². The summed E-state index contributed by atoms with van der Waals surface area (Å²) in [7, 11) is -1.17. The number of fused-ring (bicyclic) bond motifs is 1. The van der Waals surface area contributed by atoms with Crippen molar-refractivity contribution in [1.82, 2.24) is 19.1 Å². The van der Waals surface area contributed by atoms with Crippen molar-refractivity contribution in [3.63, 3.8) is 0 Å². The molecule has 0 N–H and O–H groups in total. The van der Waals surface area contributed by atoms with E-state index in [0.717, 1.165) is 28.6 Å². The molecule has 0 aromatic carbocycles. The number of ether oxygens (including phenoxy) is 2. The molecule has 0 aliphatic carbocycles. The van der Waals surface area contributed by atoms with E-state index >= 15 is 0 Å². The number of rotatable bonds is 8. The van der Waals surface area contributed by atoms with Gasteiger partial charge in [0.05, 0.1) is 23.3 Å². The Morgan fingerprint density at radius 3 is 2.68 bits per heavy atom. The van der Waals surface area contributed by atoms with Crippen LogP contribution in [0.4, 0.5) is 0 Å². The molecule has 0 unspecified atom stereocenters. The normalized spacial score (nSPS) is 11.9. The lowest BCUT2D eigenvalue weighted by molar-refractivity contribution is 0.0478. The number of aryl methyl sites for hydroxylation is 1. The molecule has 3 aromatic rings. The summed E-state index contributed by atoms with van der Waals surface area (Å²) in [5.41, 5.74) is 2.94. The molecule has 28 heavy (non-hydrogen) atoms. The van der Waals surface area contributed by atoms with Gasteiger partial charge in [0, 0.05) is 20.9 Å². The molecule has 0 saturated heterocycles. The van der Waals surface area contributed by atoms with Crippen molar-refractivity contribution in [2.24, 2.45) is 0 Å². The van der Waals surface area contributed by atoms with E-state index in [1.807, 2.05) is 34.4 Å². The lowest BCUT2D eigenvalue weighted by atomic mass is 10.3. The predicted octanol–water partition coefficient (Wildman–Crippen LogP) is 4.02. The Balaban J connectivity index is 1.91. The average Bonchev–Trinajstić information content (AvgIpc) is 3.21. The smallest absolute Gasteiger partial charge is 0.355 e. The third-order valence-electron chi connectivity index (χ3n) is 4.42. The Morgan fingerprint density at radius 1 is 1.25 bits per heavy atom. The van der Waals surface area contributed by atoms with Gasteiger partial charge in [-0.2, -0.15) is 0 Å². The summed E-state index contributed by atoms with van der Waals surface area (Å²) >= 11 is 0. The number of esters is 1. The Labute approximate surface area is 166 Å². The number of hydrogen-bond donors (Lipinski definition) is 0. The second-order valence-corrected chi connectivity index (χ2v) is 13.6. The highest BCUT2D eigenvalue weighted by atomic mass is 28.3. The van der Waals surface area contributed by atoms with Gasteiger partial charge in [0.1, 0.15) is 24.6 Å². The van der Waals surface area contributed by atoms with Crippen LogP contribution in [0.3, 0.4) is 0 Å². The van der Waals surface area contributed by atoms with Crippen molar-refractivity contribution < 1.29 is 14.3 Å². The standard InChI is InChI=1S/C20H28N4O3Si/c1-6-27-20(25)18-11-16-17(24(18)14-26-9-10-28(3,4)5)7-8-19(22-16)23-12-15(2)21-13-23/h7-8,11-13H,6,9-10,14H2,1-5H3. The van der Waals surface area contributed by atoms with Gasteiger partial charge in [0.2, 0.25) is 0 Å². The van der Waals surface area contributed by atoms with Crippen LogP contribution in [-0.4, -0.2) is 46.4 Å². The van der Waals surface area contributed by atoms with Crippen molar-refractivity contribution in [3.05, 3.63) is 42.1 Å². The van der Waals surface area contributed by atoms with Crippen LogP contribution >= 0.6 is 0 Å². The maximum Gasteiger partial charge on any atom is 0.355 e. The van der Waals surface area contributed by atoms with E-state index in [2.05, 4.69) is 24.6 Å². The molecule has 8 heteroatoms. The van der Waals surface area contributed by atoms with E-state index in [4.69, 9.17) is 14.5 Å². The number of hydrogen-bond acceptors (Lipinski definition) is 5. The minimum atomic E-state index is -1.17. The molecule has 150 valence electrons. The number of imidazole rings is 1. The number of carbonyl (C=O) groups is 1. The van der Waals surface area contributed by atoms with E-state index in [-0.39, 0.29) is 5.97 Å². The van der Waals surface area contributed by atoms with Crippen LogP contribution in [0.5, 0.6) is 0 Å². The van der Waals surface area contributed by atoms with Gasteiger partial charge in [-0.1, -0.05) is 19.6 Å². The third-order valence-corrected chi connectivity index (χ3v) is 6.12. The summed E-state index contributed by atoms with van der Waals surface area (Å²) in [4.78, 5) is 21.4. The Hall–Kier alpha value is -2.45. The molecule has 0 amide bonds. The molecule has 3 heterocycles. The van der Waals surface area contributed by atoms with Crippen LogP contribution in [0.25, 0.3) is 16.9 Å². The van der Waals surface area contributed by atoms with Crippen molar-refractivity contribution in [1.29, 1.82) is 0 Å². The number of carbonyl (C=O) groups excluding carboxylic acids is 1. The lowest BCUT2D eigenvalue weighted by Gasteiger charge is -2.16. The molecular formula is C20H28N4O3Si. The van der Waals surface area contributed by atoms with Gasteiger partial charge in [-0.15, -0.1) is 0 Å². The van der Waals surface area contributed by atoms with Gasteiger partial charge in [-0.05, 0) is 38.1 Å². The molecular weight excluding hydrogens is 372 g/mol. The first-order valence-electron chi connectivity index (χ1n) is 9.54. The SMILES string of the molecule is CCOC(=O)c1cc2nc(-n3cnc(C)c3)ccc2n1COCC[Si](C)(C)C. The molecule has 0 saturated carbocycles. The van der Waals surface area contributed by atoms with Gasteiger partial charge in [0.15, 0.2) is 0 Å². The summed E-state index contributed by atoms with van der Waals surface area (Å²) in [6, 6.07) is 6.71. The largest absolute Gasteiger partial charge is 0.461 e. The molecule has 0 radical (unpaired) electrons. The fraction of sp³-hybridized carbons (Fsp3) is 0.450. The summed E-state index contributed by atoms with van der Waals surface area (Å²) in [5, 5.41) is 0. The molecule has 0 aliphatic heterocycles. The molecule has 0 atom stereocenters. The van der Waals surface area contributed by atoms with Crippen LogP contribution < -0.4 is 0 Å². The lowest BCUT2D eigenvalue weighted by Crippen LogP contribution is -2.22. The highest BCUT2D eigenvalue weighted by molar-refractivity contribution is 6.76. The fourth-order valence-corrected chi connectivity index (χ4v) is 3.62. The topological polar surface area (TPSA) is 71.2 Å².